The fraction of sp³-hybridized carbons (Fsp3) is 0.433. The average Bonchev–Trinajstić information content (AvgIpc) is 2.87. The number of nitrogens with one attached hydrogen (secondary N) is 2. The Labute approximate surface area is 236 Å². The molecule has 0 bridgehead atoms. The van der Waals surface area contributed by atoms with E-state index in [2.05, 4.69) is 17.2 Å². The average molecular weight is 556 g/mol. The second-order valence-corrected chi connectivity index (χ2v) is 11.2. The van der Waals surface area contributed by atoms with Crippen molar-refractivity contribution in [2.75, 3.05) is 31.0 Å². The van der Waals surface area contributed by atoms with Crippen LogP contribution in [0.25, 0.3) is 0 Å². The first kappa shape index (κ1) is 31.8. The highest BCUT2D eigenvalue weighted by atomic mass is 32.2. The number of carbonyl (C=O) groups excluding carboxylic acids is 3. The van der Waals surface area contributed by atoms with E-state index in [9.17, 15) is 14.4 Å². The number of alkyl carbamates (subject to hydrolysis) is 1. The van der Waals surface area contributed by atoms with E-state index in [0.29, 0.717) is 29.2 Å². The molecule has 8 nitrogen and oxygen atoms in total. The van der Waals surface area contributed by atoms with Gasteiger partial charge >= 0.3 is 6.09 Å². The summed E-state index contributed by atoms with van der Waals surface area (Å²) >= 11 is 1.56. The van der Waals surface area contributed by atoms with Crippen LogP contribution in [0.15, 0.2) is 55.1 Å². The van der Waals surface area contributed by atoms with Crippen LogP contribution in [0.1, 0.15) is 49.9 Å². The van der Waals surface area contributed by atoms with E-state index in [1.54, 1.807) is 70.0 Å². The number of thioether (sulfide) groups is 1. The Morgan fingerprint density at radius 1 is 1.10 bits per heavy atom. The first-order valence-corrected chi connectivity index (χ1v) is 14.2. The molecule has 39 heavy (non-hydrogen) atoms. The molecule has 0 fully saturated rings. The van der Waals surface area contributed by atoms with Crippen molar-refractivity contribution in [3.8, 4) is 5.75 Å². The minimum atomic E-state index is -0.977. The second kappa shape index (κ2) is 14.6. The maximum Gasteiger partial charge on any atom is 0.408 e. The Morgan fingerprint density at radius 2 is 1.77 bits per heavy atom. The molecule has 0 aliphatic heterocycles. The Kier molecular flexibility index (Phi) is 11.9. The van der Waals surface area contributed by atoms with E-state index in [-0.39, 0.29) is 12.5 Å². The predicted molar refractivity (Wildman–Crippen MR) is 158 cm³/mol. The van der Waals surface area contributed by atoms with E-state index in [0.717, 1.165) is 11.1 Å². The summed E-state index contributed by atoms with van der Waals surface area (Å²) in [6, 6.07) is 10.8. The van der Waals surface area contributed by atoms with Gasteiger partial charge in [0.1, 0.15) is 23.4 Å². The molecule has 0 saturated carbocycles. The summed E-state index contributed by atoms with van der Waals surface area (Å²) in [5.41, 5.74) is 2.42. The number of amides is 3. The third-order valence-corrected chi connectivity index (χ3v) is 6.71. The first-order chi connectivity index (χ1) is 18.4. The molecule has 0 aliphatic carbocycles. The molecule has 2 rings (SSSR count). The topological polar surface area (TPSA) is 97.0 Å². The zero-order chi connectivity index (χ0) is 29.2. The molecule has 0 aromatic heterocycles. The SMILES string of the molecule is C=CCN(C(=O)C(CCSC)NC(=O)OC(C)(C)C)C(C(=O)Nc1ccc(OC)cc1)c1cccc(C)c1C. The summed E-state index contributed by atoms with van der Waals surface area (Å²) in [6.07, 6.45) is 3.19. The van der Waals surface area contributed by atoms with Crippen LogP contribution >= 0.6 is 11.8 Å². The van der Waals surface area contributed by atoms with Gasteiger partial charge in [-0.1, -0.05) is 24.3 Å². The highest BCUT2D eigenvalue weighted by molar-refractivity contribution is 7.98. The van der Waals surface area contributed by atoms with Gasteiger partial charge in [-0.15, -0.1) is 6.58 Å². The predicted octanol–water partition coefficient (Wildman–Crippen LogP) is 5.65. The van der Waals surface area contributed by atoms with E-state index < -0.39 is 29.7 Å². The smallest absolute Gasteiger partial charge is 0.408 e. The lowest BCUT2D eigenvalue weighted by Crippen LogP contribution is -2.52. The largest absolute Gasteiger partial charge is 0.497 e. The highest BCUT2D eigenvalue weighted by Gasteiger charge is 2.36. The van der Waals surface area contributed by atoms with Crippen LogP contribution < -0.4 is 15.4 Å². The molecule has 0 spiro atoms. The van der Waals surface area contributed by atoms with E-state index >= 15 is 0 Å². The second-order valence-electron chi connectivity index (χ2n) is 10.2. The van der Waals surface area contributed by atoms with Crippen LogP contribution in [0.5, 0.6) is 5.75 Å². The summed E-state index contributed by atoms with van der Waals surface area (Å²) in [5.74, 6) is 0.503. The minimum Gasteiger partial charge on any atom is -0.497 e. The van der Waals surface area contributed by atoms with Crippen LogP contribution in [-0.4, -0.2) is 60.1 Å². The molecule has 2 atom stereocenters. The molecule has 2 aromatic carbocycles. The number of nitrogens with zero attached hydrogens (tertiary/aromatic N) is 1. The van der Waals surface area contributed by atoms with Gasteiger partial charge in [-0.25, -0.2) is 4.79 Å². The summed E-state index contributed by atoms with van der Waals surface area (Å²) in [5, 5.41) is 5.68. The number of aryl methyl sites for hydroxylation is 1. The van der Waals surface area contributed by atoms with Crippen LogP contribution in [0.4, 0.5) is 10.5 Å². The first-order valence-electron chi connectivity index (χ1n) is 12.8. The summed E-state index contributed by atoms with van der Waals surface area (Å²) < 4.78 is 10.6. The van der Waals surface area contributed by atoms with Crippen LogP contribution in [0.2, 0.25) is 0 Å². The molecule has 2 aromatic rings. The van der Waals surface area contributed by atoms with Gasteiger partial charge in [0.05, 0.1) is 7.11 Å². The molecule has 212 valence electrons. The molecular formula is C30H41N3O5S. The Balaban J connectivity index is 2.53. The lowest BCUT2D eigenvalue weighted by molar-refractivity contribution is -0.140. The number of carbonyl (C=O) groups is 3. The fourth-order valence-corrected chi connectivity index (χ4v) is 4.48. The zero-order valence-electron chi connectivity index (χ0n) is 24.0. The van der Waals surface area contributed by atoms with Crippen LogP contribution in [-0.2, 0) is 14.3 Å². The van der Waals surface area contributed by atoms with Crippen molar-refractivity contribution in [1.29, 1.82) is 0 Å². The van der Waals surface area contributed by atoms with Gasteiger partial charge < -0.3 is 25.0 Å². The number of anilines is 1. The zero-order valence-corrected chi connectivity index (χ0v) is 24.8. The Bertz CT molecular complexity index is 1140. The maximum absolute atomic E-state index is 14.1. The van der Waals surface area contributed by atoms with Gasteiger partial charge in [0.2, 0.25) is 5.91 Å². The monoisotopic (exact) mass is 555 g/mol. The number of methoxy groups -OCH3 is 1. The molecule has 9 heteroatoms. The van der Waals surface area contributed by atoms with Gasteiger partial charge in [0.15, 0.2) is 0 Å². The number of ether oxygens (including phenoxy) is 2. The lowest BCUT2D eigenvalue weighted by atomic mass is 9.94. The third kappa shape index (κ3) is 9.35. The summed E-state index contributed by atoms with van der Waals surface area (Å²) in [7, 11) is 1.57. The van der Waals surface area contributed by atoms with Gasteiger partial charge in [-0.2, -0.15) is 11.8 Å². The van der Waals surface area contributed by atoms with Gasteiger partial charge in [0, 0.05) is 12.2 Å². The van der Waals surface area contributed by atoms with Crippen molar-refractivity contribution >= 4 is 35.4 Å². The van der Waals surface area contributed by atoms with Gasteiger partial charge in [-0.3, -0.25) is 9.59 Å². The van der Waals surface area contributed by atoms with Crippen molar-refractivity contribution in [3.05, 3.63) is 71.8 Å². The number of hydrogen-bond acceptors (Lipinski definition) is 6. The van der Waals surface area contributed by atoms with Crippen molar-refractivity contribution < 1.29 is 23.9 Å². The van der Waals surface area contributed by atoms with Crippen molar-refractivity contribution in [1.82, 2.24) is 10.2 Å². The van der Waals surface area contributed by atoms with Crippen LogP contribution in [0.3, 0.4) is 0 Å². The highest BCUT2D eigenvalue weighted by Crippen LogP contribution is 2.29. The van der Waals surface area contributed by atoms with E-state index in [4.69, 9.17) is 9.47 Å². The van der Waals surface area contributed by atoms with E-state index in [1.165, 1.54) is 4.90 Å². The fourth-order valence-electron chi connectivity index (χ4n) is 4.01. The standard InChI is InChI=1S/C30H41N3O5S/c1-9-18-33(28(35)25(17-19-39-8)32-29(36)38-30(4,5)6)26(24-12-10-11-20(2)21(24)3)27(34)31-22-13-15-23(37-7)16-14-22/h9-16,25-26H,1,17-19H2,2-8H3,(H,31,34)(H,32,36). The molecule has 0 radical (unpaired) electrons. The maximum atomic E-state index is 14.1. The van der Waals surface area contributed by atoms with Gasteiger partial charge in [-0.05, 0) is 94.0 Å². The van der Waals surface area contributed by atoms with Gasteiger partial charge in [0.25, 0.3) is 5.91 Å². The molecule has 2 unspecified atom stereocenters. The van der Waals surface area contributed by atoms with E-state index in [1.807, 2.05) is 38.3 Å². The molecule has 2 N–H and O–H groups in total. The van der Waals surface area contributed by atoms with Crippen molar-refractivity contribution in [2.45, 2.75) is 58.7 Å². The molecule has 0 saturated heterocycles. The molecule has 3 amide bonds. The van der Waals surface area contributed by atoms with Crippen LogP contribution in [0, 0.1) is 13.8 Å². The summed E-state index contributed by atoms with van der Waals surface area (Å²) in [4.78, 5) is 42.1. The molecule has 0 heterocycles. The molecule has 0 aliphatic rings. The number of rotatable bonds is 12. The van der Waals surface area contributed by atoms with Crippen molar-refractivity contribution in [2.24, 2.45) is 0 Å². The lowest BCUT2D eigenvalue weighted by Gasteiger charge is -2.34. The third-order valence-electron chi connectivity index (χ3n) is 6.07. The Hall–Kier alpha value is -3.46. The number of benzene rings is 2. The summed E-state index contributed by atoms with van der Waals surface area (Å²) in [6.45, 7) is 13.1. The quantitative estimate of drug-likeness (QED) is 0.329. The molecular weight excluding hydrogens is 514 g/mol. The Morgan fingerprint density at radius 3 is 2.33 bits per heavy atom. The number of hydrogen-bond donors (Lipinski definition) is 2. The normalized spacial score (nSPS) is 12.6. The van der Waals surface area contributed by atoms with Crippen molar-refractivity contribution in [3.63, 3.8) is 0 Å². The minimum absolute atomic E-state index is 0.0959.